The molecule has 0 spiro atoms. The summed E-state index contributed by atoms with van der Waals surface area (Å²) in [6.45, 7) is 1.21. The van der Waals surface area contributed by atoms with Crippen LogP contribution in [-0.2, 0) is 0 Å². The molecule has 0 N–H and O–H groups in total. The molecule has 0 radical (unpaired) electrons. The fourth-order valence-electron chi connectivity index (χ4n) is 0.447. The van der Waals surface area contributed by atoms with E-state index >= 15 is 0 Å². The second-order valence-corrected chi connectivity index (χ2v) is 1.80. The first-order chi connectivity index (χ1) is 2.77. The Balaban J connectivity index is 2.63. The summed E-state index contributed by atoms with van der Waals surface area (Å²) in [5.41, 5.74) is 0. The molecule has 0 aliphatic carbocycles. The van der Waals surface area contributed by atoms with Crippen LogP contribution in [0.2, 0.25) is 5.09 Å². The first-order valence-electron chi connectivity index (χ1n) is 2.42. The van der Waals surface area contributed by atoms with Crippen molar-refractivity contribution >= 4 is 17.7 Å². The minimum absolute atomic E-state index is 1.21. The van der Waals surface area contributed by atoms with Gasteiger partial charge < -0.3 is 0 Å². The van der Waals surface area contributed by atoms with E-state index < -0.39 is 0 Å². The Morgan fingerprint density at radius 2 is 2.00 bits per heavy atom. The monoisotopic (exact) mass is 79.1 g/mol. The van der Waals surface area contributed by atoms with Crippen LogP contribution in [-0.4, -0.2) is 43.3 Å². The van der Waals surface area contributed by atoms with Crippen LogP contribution in [0.4, 0.5) is 0 Å². The standard InChI is InChI=1S/C4H10N.Li/c1-4-5(2)3;/h1,4H2,2-3H3;. The van der Waals surface area contributed by atoms with E-state index in [2.05, 4.69) is 36.7 Å². The zero-order valence-corrected chi connectivity index (χ0v) is 4.86. The molecule has 0 rings (SSSR count). The van der Waals surface area contributed by atoms with Crippen LogP contribution in [0.15, 0.2) is 0 Å². The van der Waals surface area contributed by atoms with Crippen LogP contribution in [0.25, 0.3) is 0 Å². The second kappa shape index (κ2) is 3.74. The quantitative estimate of drug-likeness (QED) is 0.425. The van der Waals surface area contributed by atoms with Gasteiger partial charge in [-0.1, -0.05) is 0 Å². The van der Waals surface area contributed by atoms with Crippen molar-refractivity contribution in [1.82, 2.24) is 4.90 Å². The van der Waals surface area contributed by atoms with Crippen LogP contribution in [0, 0.1) is 0 Å². The maximum atomic E-state index is 2.18. The van der Waals surface area contributed by atoms with E-state index in [0.717, 1.165) is 0 Å². The van der Waals surface area contributed by atoms with Crippen molar-refractivity contribution < 1.29 is 0 Å². The summed E-state index contributed by atoms with van der Waals surface area (Å²) in [6.07, 6.45) is 0. The molecule has 2 heteroatoms. The van der Waals surface area contributed by atoms with Gasteiger partial charge in [-0.2, -0.15) is 0 Å². The van der Waals surface area contributed by atoms with E-state index in [9.17, 15) is 0 Å². The summed E-state index contributed by atoms with van der Waals surface area (Å²) in [4.78, 5) is 2.18. The van der Waals surface area contributed by atoms with Gasteiger partial charge in [0.15, 0.2) is 0 Å². The SMILES string of the molecule is [Li][CH2]CN(C)C. The molecule has 1 nitrogen and oxygen atoms in total. The van der Waals surface area contributed by atoms with E-state index in [-0.39, 0.29) is 0 Å². The topological polar surface area (TPSA) is 3.24 Å². The Kier molecular flexibility index (Phi) is 4.08. The normalized spacial score (nSPS) is 10.2. The zero-order valence-electron chi connectivity index (χ0n) is 4.86. The third kappa shape index (κ3) is 4.56. The molecule has 0 aliphatic rings. The molecule has 0 unspecified atom stereocenters. The Morgan fingerprint density at radius 1 is 1.50 bits per heavy atom. The molecule has 0 heterocycles. The average molecular weight is 79.1 g/mol. The second-order valence-electron chi connectivity index (χ2n) is 1.80. The van der Waals surface area contributed by atoms with Crippen molar-refractivity contribution in [3.63, 3.8) is 0 Å². The van der Waals surface area contributed by atoms with Crippen LogP contribution in [0.1, 0.15) is 0 Å². The molecule has 0 saturated heterocycles. The molecular weight excluding hydrogens is 69.0 g/mol. The van der Waals surface area contributed by atoms with Gasteiger partial charge in [0, 0.05) is 0 Å². The van der Waals surface area contributed by atoms with Crippen LogP contribution in [0.5, 0.6) is 0 Å². The molecule has 0 bridgehead atoms. The van der Waals surface area contributed by atoms with Gasteiger partial charge in [-0.3, -0.25) is 0 Å². The number of hydrogen-bond acceptors (Lipinski definition) is 1. The van der Waals surface area contributed by atoms with Gasteiger partial charge in [0.25, 0.3) is 0 Å². The molecule has 0 aliphatic heterocycles. The fourth-order valence-corrected chi connectivity index (χ4v) is 0.447. The van der Waals surface area contributed by atoms with Gasteiger partial charge in [0.2, 0.25) is 0 Å². The summed E-state index contributed by atoms with van der Waals surface area (Å²) in [6, 6.07) is 0. The van der Waals surface area contributed by atoms with Crippen LogP contribution < -0.4 is 0 Å². The van der Waals surface area contributed by atoms with Crippen LogP contribution in [0.3, 0.4) is 0 Å². The summed E-state index contributed by atoms with van der Waals surface area (Å²) in [5, 5.41) is 1.26. The molecular formula is C4H10LiN. The van der Waals surface area contributed by atoms with Crippen molar-refractivity contribution in [3.8, 4) is 0 Å². The summed E-state index contributed by atoms with van der Waals surface area (Å²) >= 11 is 2.18. The molecule has 0 aromatic heterocycles. The first kappa shape index (κ1) is 6.56. The summed E-state index contributed by atoms with van der Waals surface area (Å²) in [5.74, 6) is 0. The Morgan fingerprint density at radius 3 is 2.00 bits per heavy atom. The molecule has 6 heavy (non-hydrogen) atoms. The minimum atomic E-state index is 1.21. The van der Waals surface area contributed by atoms with Gasteiger partial charge in [0.1, 0.15) is 0 Å². The van der Waals surface area contributed by atoms with Crippen LogP contribution >= 0.6 is 0 Å². The van der Waals surface area contributed by atoms with Crippen molar-refractivity contribution in [2.24, 2.45) is 0 Å². The van der Waals surface area contributed by atoms with Crippen molar-refractivity contribution in [2.45, 2.75) is 5.09 Å². The predicted molar refractivity (Wildman–Crippen MR) is 29.1 cm³/mol. The number of rotatable bonds is 2. The summed E-state index contributed by atoms with van der Waals surface area (Å²) in [7, 11) is 4.17. The molecule has 0 aromatic rings. The predicted octanol–water partition coefficient (Wildman–Crippen LogP) is 0.135. The number of nitrogens with zero attached hydrogens (tertiary/aromatic N) is 1. The third-order valence-electron chi connectivity index (χ3n) is 0.671. The van der Waals surface area contributed by atoms with Crippen molar-refractivity contribution in [3.05, 3.63) is 0 Å². The Labute approximate surface area is 48.9 Å². The molecule has 0 fully saturated rings. The zero-order chi connectivity index (χ0) is 4.99. The van der Waals surface area contributed by atoms with E-state index in [1.54, 1.807) is 0 Å². The molecule has 32 valence electrons. The number of hydrogen-bond donors (Lipinski definition) is 0. The third-order valence-corrected chi connectivity index (χ3v) is 0.671. The average Bonchev–Trinajstić information content (AvgIpc) is 1.35. The first-order valence-corrected chi connectivity index (χ1v) is 2.42. The Bertz CT molecular complexity index is 28.7. The van der Waals surface area contributed by atoms with E-state index in [1.165, 1.54) is 11.6 Å². The van der Waals surface area contributed by atoms with E-state index in [1.807, 2.05) is 0 Å². The summed E-state index contributed by atoms with van der Waals surface area (Å²) < 4.78 is 0. The fraction of sp³-hybridized carbons (Fsp3) is 1.00. The van der Waals surface area contributed by atoms with Gasteiger partial charge in [-0.25, -0.2) is 0 Å². The van der Waals surface area contributed by atoms with Gasteiger partial charge >= 0.3 is 48.3 Å². The molecule has 0 atom stereocenters. The Hall–Kier alpha value is 0.557. The van der Waals surface area contributed by atoms with Crippen molar-refractivity contribution in [2.75, 3.05) is 20.6 Å². The molecule has 0 aromatic carbocycles. The maximum absolute atomic E-state index is 2.18. The van der Waals surface area contributed by atoms with Crippen molar-refractivity contribution in [1.29, 1.82) is 0 Å². The van der Waals surface area contributed by atoms with E-state index in [0.29, 0.717) is 0 Å². The van der Waals surface area contributed by atoms with E-state index in [4.69, 9.17) is 0 Å². The molecule has 0 saturated carbocycles. The molecule has 0 amide bonds. The van der Waals surface area contributed by atoms with Gasteiger partial charge in [0.05, 0.1) is 0 Å². The van der Waals surface area contributed by atoms with Gasteiger partial charge in [-0.15, -0.1) is 0 Å². The van der Waals surface area contributed by atoms with Gasteiger partial charge in [-0.05, 0) is 0 Å².